The molecule has 2 nitrogen and oxygen atoms in total. The van der Waals surface area contributed by atoms with E-state index in [4.69, 9.17) is 0 Å². The highest BCUT2D eigenvalue weighted by atomic mass is 15.2. The minimum absolute atomic E-state index is 0.586. The highest BCUT2D eigenvalue weighted by Crippen LogP contribution is 2.32. The van der Waals surface area contributed by atoms with Crippen molar-refractivity contribution in [3.05, 3.63) is 35.4 Å². The third kappa shape index (κ3) is 2.12. The summed E-state index contributed by atoms with van der Waals surface area (Å²) in [6, 6.07) is 10.3. The van der Waals surface area contributed by atoms with Crippen molar-refractivity contribution < 1.29 is 0 Å². The van der Waals surface area contributed by atoms with Crippen molar-refractivity contribution in [3.8, 4) is 0 Å². The Hall–Kier alpha value is -0.860. The van der Waals surface area contributed by atoms with Crippen LogP contribution in [0.4, 0.5) is 0 Å². The second-order valence-corrected chi connectivity index (χ2v) is 5.29. The molecule has 2 unspecified atom stereocenters. The summed E-state index contributed by atoms with van der Waals surface area (Å²) in [5.41, 5.74) is 3.04. The van der Waals surface area contributed by atoms with Crippen molar-refractivity contribution in [3.63, 3.8) is 0 Å². The molecule has 0 spiro atoms. The fourth-order valence-corrected chi connectivity index (χ4v) is 3.44. The molecule has 1 aromatic carbocycles. The van der Waals surface area contributed by atoms with Crippen molar-refractivity contribution in [2.75, 3.05) is 13.1 Å². The molecule has 0 radical (unpaired) electrons. The monoisotopic (exact) mass is 230 g/mol. The zero-order chi connectivity index (χ0) is 11.7. The first-order valence-electron chi connectivity index (χ1n) is 6.93. The van der Waals surface area contributed by atoms with Gasteiger partial charge in [-0.3, -0.25) is 0 Å². The fourth-order valence-electron chi connectivity index (χ4n) is 3.44. The van der Waals surface area contributed by atoms with E-state index in [9.17, 15) is 0 Å². The van der Waals surface area contributed by atoms with Crippen LogP contribution in [0.15, 0.2) is 24.3 Å². The lowest BCUT2D eigenvalue weighted by atomic mass is 9.98. The topological polar surface area (TPSA) is 15.3 Å². The molecular formula is C15H22N2. The lowest BCUT2D eigenvalue weighted by Gasteiger charge is -2.25. The molecule has 0 aromatic heterocycles. The molecule has 92 valence electrons. The minimum atomic E-state index is 0.586. The number of fused-ring (bicyclic) bond motifs is 1. The second-order valence-electron chi connectivity index (χ2n) is 5.29. The summed E-state index contributed by atoms with van der Waals surface area (Å²) in [4.78, 5) is 2.64. The van der Waals surface area contributed by atoms with Crippen LogP contribution < -0.4 is 5.32 Å². The van der Waals surface area contributed by atoms with E-state index in [-0.39, 0.29) is 0 Å². The van der Waals surface area contributed by atoms with E-state index in [1.165, 1.54) is 43.5 Å². The smallest absolute Gasteiger partial charge is 0.0341 e. The zero-order valence-electron chi connectivity index (χ0n) is 10.7. The third-order valence-corrected chi connectivity index (χ3v) is 4.38. The predicted molar refractivity (Wildman–Crippen MR) is 70.9 cm³/mol. The number of nitrogens with one attached hydrogen (secondary N) is 1. The van der Waals surface area contributed by atoms with E-state index in [0.717, 1.165) is 12.6 Å². The van der Waals surface area contributed by atoms with Gasteiger partial charge in [0.2, 0.25) is 0 Å². The van der Waals surface area contributed by atoms with Gasteiger partial charge in [0, 0.05) is 18.6 Å². The number of rotatable bonds is 3. The average Bonchev–Trinajstić information content (AvgIpc) is 2.97. The Labute approximate surface area is 104 Å². The number of nitrogens with zero attached hydrogens (tertiary/aromatic N) is 1. The minimum Gasteiger partial charge on any atom is -0.306 e. The molecule has 0 bridgehead atoms. The molecule has 2 heteroatoms. The van der Waals surface area contributed by atoms with Gasteiger partial charge in [-0.05, 0) is 43.5 Å². The van der Waals surface area contributed by atoms with Gasteiger partial charge in [-0.1, -0.05) is 31.2 Å². The van der Waals surface area contributed by atoms with Crippen LogP contribution in [0.3, 0.4) is 0 Å². The van der Waals surface area contributed by atoms with Crippen LogP contribution in [0.1, 0.15) is 43.4 Å². The summed E-state index contributed by atoms with van der Waals surface area (Å²) in [5, 5.41) is 3.67. The first-order chi connectivity index (χ1) is 8.38. The number of hydrogen-bond acceptors (Lipinski definition) is 2. The van der Waals surface area contributed by atoms with Gasteiger partial charge in [0.05, 0.1) is 0 Å². The van der Waals surface area contributed by atoms with Crippen molar-refractivity contribution >= 4 is 0 Å². The van der Waals surface area contributed by atoms with E-state index >= 15 is 0 Å². The lowest BCUT2D eigenvalue weighted by Crippen LogP contribution is -2.32. The molecule has 2 heterocycles. The van der Waals surface area contributed by atoms with Crippen LogP contribution in [0, 0.1) is 0 Å². The summed E-state index contributed by atoms with van der Waals surface area (Å²) < 4.78 is 0. The van der Waals surface area contributed by atoms with Crippen LogP contribution in [-0.2, 0) is 6.54 Å². The molecule has 2 aliphatic heterocycles. The first kappa shape index (κ1) is 11.2. The summed E-state index contributed by atoms with van der Waals surface area (Å²) in [7, 11) is 0. The Morgan fingerprint density at radius 1 is 1.35 bits per heavy atom. The molecule has 3 rings (SSSR count). The Morgan fingerprint density at radius 3 is 3.12 bits per heavy atom. The third-order valence-electron chi connectivity index (χ3n) is 4.38. The van der Waals surface area contributed by atoms with E-state index < -0.39 is 0 Å². The summed E-state index contributed by atoms with van der Waals surface area (Å²) in [5.74, 6) is 0. The van der Waals surface area contributed by atoms with Crippen LogP contribution in [0.25, 0.3) is 0 Å². The van der Waals surface area contributed by atoms with Gasteiger partial charge in [-0.25, -0.2) is 0 Å². The van der Waals surface area contributed by atoms with Gasteiger partial charge >= 0.3 is 0 Å². The van der Waals surface area contributed by atoms with Gasteiger partial charge in [-0.2, -0.15) is 0 Å². The molecule has 1 aromatic rings. The van der Waals surface area contributed by atoms with Crippen LogP contribution in [-0.4, -0.2) is 24.0 Å². The molecule has 0 saturated carbocycles. The quantitative estimate of drug-likeness (QED) is 0.859. The maximum Gasteiger partial charge on any atom is 0.0341 e. The van der Waals surface area contributed by atoms with Gasteiger partial charge in [0.1, 0.15) is 0 Å². The van der Waals surface area contributed by atoms with E-state index in [0.29, 0.717) is 6.04 Å². The normalized spacial score (nSPS) is 28.5. The molecule has 17 heavy (non-hydrogen) atoms. The van der Waals surface area contributed by atoms with Crippen LogP contribution in [0.5, 0.6) is 0 Å². The SMILES string of the molecule is CCN1CCCC1CC1NCc2ccccc21. The Kier molecular flexibility index (Phi) is 3.17. The average molecular weight is 230 g/mol. The molecule has 0 aliphatic carbocycles. The van der Waals surface area contributed by atoms with Crippen molar-refractivity contribution in [2.45, 2.75) is 44.8 Å². The molecule has 1 fully saturated rings. The Morgan fingerprint density at radius 2 is 2.24 bits per heavy atom. The predicted octanol–water partition coefficient (Wildman–Crippen LogP) is 2.71. The first-order valence-corrected chi connectivity index (χ1v) is 6.93. The second kappa shape index (κ2) is 4.79. The summed E-state index contributed by atoms with van der Waals surface area (Å²) in [6.45, 7) is 5.85. The molecule has 1 N–H and O–H groups in total. The highest BCUT2D eigenvalue weighted by molar-refractivity contribution is 5.33. The molecule has 1 saturated heterocycles. The number of benzene rings is 1. The lowest BCUT2D eigenvalue weighted by molar-refractivity contribution is 0.239. The maximum atomic E-state index is 3.67. The Balaban J connectivity index is 1.71. The van der Waals surface area contributed by atoms with Crippen molar-refractivity contribution in [1.29, 1.82) is 0 Å². The van der Waals surface area contributed by atoms with Crippen LogP contribution in [0.2, 0.25) is 0 Å². The molecular weight excluding hydrogens is 208 g/mol. The van der Waals surface area contributed by atoms with E-state index in [1.54, 1.807) is 0 Å². The van der Waals surface area contributed by atoms with Crippen molar-refractivity contribution in [2.24, 2.45) is 0 Å². The zero-order valence-corrected chi connectivity index (χ0v) is 10.7. The van der Waals surface area contributed by atoms with E-state index in [1.807, 2.05) is 0 Å². The van der Waals surface area contributed by atoms with Gasteiger partial charge in [0.15, 0.2) is 0 Å². The number of hydrogen-bond donors (Lipinski definition) is 1. The van der Waals surface area contributed by atoms with E-state index in [2.05, 4.69) is 41.4 Å². The molecule has 0 amide bonds. The standard InChI is InChI=1S/C15H22N2/c1-2-17-9-5-7-13(17)10-15-14-8-4-3-6-12(14)11-16-15/h3-4,6,8,13,15-16H,2,5,7,9-11H2,1H3. The highest BCUT2D eigenvalue weighted by Gasteiger charge is 2.29. The molecule has 2 atom stereocenters. The van der Waals surface area contributed by atoms with Crippen LogP contribution >= 0.6 is 0 Å². The Bertz CT molecular complexity index is 388. The molecule has 2 aliphatic rings. The van der Waals surface area contributed by atoms with Crippen molar-refractivity contribution in [1.82, 2.24) is 10.2 Å². The number of likely N-dealkylation sites (tertiary alicyclic amines) is 1. The van der Waals surface area contributed by atoms with Gasteiger partial charge in [0.25, 0.3) is 0 Å². The maximum absolute atomic E-state index is 3.67. The largest absolute Gasteiger partial charge is 0.306 e. The summed E-state index contributed by atoms with van der Waals surface area (Å²) >= 11 is 0. The van der Waals surface area contributed by atoms with Gasteiger partial charge in [-0.15, -0.1) is 0 Å². The fraction of sp³-hybridized carbons (Fsp3) is 0.600. The summed E-state index contributed by atoms with van der Waals surface area (Å²) in [6.07, 6.45) is 4.05. The van der Waals surface area contributed by atoms with Gasteiger partial charge < -0.3 is 10.2 Å².